The number of hydrogen-bond donors (Lipinski definition) is 1. The van der Waals surface area contributed by atoms with E-state index in [9.17, 15) is 9.18 Å². The summed E-state index contributed by atoms with van der Waals surface area (Å²) in [6.45, 7) is 0. The molecule has 1 N–H and O–H groups in total. The normalized spacial score (nSPS) is 10.6. The number of benzene rings is 1. The van der Waals surface area contributed by atoms with Crippen LogP contribution in [0.2, 0.25) is 0 Å². The van der Waals surface area contributed by atoms with E-state index in [0.717, 1.165) is 0 Å². The van der Waals surface area contributed by atoms with Crippen LogP contribution in [0.3, 0.4) is 0 Å². The van der Waals surface area contributed by atoms with Gasteiger partial charge in [0, 0.05) is 0 Å². The number of nitrogens with one attached hydrogen (secondary N) is 1. The molecule has 0 saturated heterocycles. The van der Waals surface area contributed by atoms with E-state index in [1.165, 1.54) is 35.3 Å². The van der Waals surface area contributed by atoms with Crippen molar-refractivity contribution in [2.45, 2.75) is 0 Å². The largest absolute Gasteiger partial charge is 0.444 e. The Morgan fingerprint density at radius 1 is 1.33 bits per heavy atom. The first-order valence-corrected chi connectivity index (χ1v) is 6.52. The van der Waals surface area contributed by atoms with Crippen LogP contribution in [-0.4, -0.2) is 26.1 Å². The molecule has 3 aromatic rings. The lowest BCUT2D eigenvalue weighted by Gasteiger charge is -2.07. The van der Waals surface area contributed by atoms with Crippen molar-refractivity contribution in [3.05, 3.63) is 52.9 Å². The molecule has 0 spiro atoms. The van der Waals surface area contributed by atoms with Crippen LogP contribution in [0, 0.1) is 5.82 Å². The van der Waals surface area contributed by atoms with Crippen molar-refractivity contribution in [1.29, 1.82) is 0 Å². The number of tetrazole rings is 1. The zero-order valence-corrected chi connectivity index (χ0v) is 11.9. The lowest BCUT2D eigenvalue weighted by molar-refractivity contribution is 0.0995. The van der Waals surface area contributed by atoms with Gasteiger partial charge in [0.15, 0.2) is 10.4 Å². The van der Waals surface area contributed by atoms with Crippen molar-refractivity contribution in [2.75, 3.05) is 5.32 Å². The first kappa shape index (κ1) is 13.4. The Morgan fingerprint density at radius 3 is 2.86 bits per heavy atom. The van der Waals surface area contributed by atoms with E-state index in [2.05, 4.69) is 36.8 Å². The van der Waals surface area contributed by atoms with Crippen LogP contribution >= 0.6 is 15.9 Å². The maximum absolute atomic E-state index is 13.8. The Morgan fingerprint density at radius 2 is 2.19 bits per heavy atom. The SMILES string of the molecule is O=C(Nc1cc(-n2cnnn2)ccc1F)c1ccc(Br)o1. The van der Waals surface area contributed by atoms with Crippen LogP contribution in [0.1, 0.15) is 10.6 Å². The number of amides is 1. The molecule has 1 amide bonds. The van der Waals surface area contributed by atoms with E-state index in [0.29, 0.717) is 10.4 Å². The molecule has 2 aromatic heterocycles. The van der Waals surface area contributed by atoms with Gasteiger partial charge in [-0.2, -0.15) is 0 Å². The number of rotatable bonds is 3. The third-order valence-electron chi connectivity index (χ3n) is 2.61. The average Bonchev–Trinajstić information content (AvgIpc) is 3.12. The Labute approximate surface area is 125 Å². The summed E-state index contributed by atoms with van der Waals surface area (Å²) >= 11 is 3.09. The molecule has 3 rings (SSSR count). The van der Waals surface area contributed by atoms with Crippen molar-refractivity contribution in [1.82, 2.24) is 20.2 Å². The third-order valence-corrected chi connectivity index (χ3v) is 3.03. The minimum Gasteiger partial charge on any atom is -0.444 e. The number of halogens is 2. The summed E-state index contributed by atoms with van der Waals surface area (Å²) in [6, 6.07) is 7.17. The number of carbonyl (C=O) groups excluding carboxylic acids is 1. The number of aromatic nitrogens is 4. The number of carbonyl (C=O) groups is 1. The second kappa shape index (κ2) is 5.44. The molecule has 0 aliphatic carbocycles. The fraction of sp³-hybridized carbons (Fsp3) is 0. The summed E-state index contributed by atoms with van der Waals surface area (Å²) in [7, 11) is 0. The molecule has 2 heterocycles. The summed E-state index contributed by atoms with van der Waals surface area (Å²) in [6.07, 6.45) is 1.36. The van der Waals surface area contributed by atoms with E-state index >= 15 is 0 Å². The maximum Gasteiger partial charge on any atom is 0.291 e. The Hall–Kier alpha value is -2.55. The third kappa shape index (κ3) is 2.82. The van der Waals surface area contributed by atoms with Crippen LogP contribution in [0.4, 0.5) is 10.1 Å². The number of hydrogen-bond acceptors (Lipinski definition) is 5. The van der Waals surface area contributed by atoms with Crippen molar-refractivity contribution >= 4 is 27.5 Å². The number of nitrogens with zero attached hydrogens (tertiary/aromatic N) is 4. The molecule has 1 aromatic carbocycles. The Bertz CT molecular complexity index is 787. The second-order valence-electron chi connectivity index (χ2n) is 3.98. The molecule has 0 bridgehead atoms. The molecule has 0 unspecified atom stereocenters. The highest BCUT2D eigenvalue weighted by Crippen LogP contribution is 2.20. The van der Waals surface area contributed by atoms with Crippen LogP contribution in [0.25, 0.3) is 5.69 Å². The predicted octanol–water partition coefficient (Wildman–Crippen LogP) is 2.41. The topological polar surface area (TPSA) is 85.8 Å². The molecule has 7 nitrogen and oxygen atoms in total. The molecule has 9 heteroatoms. The highest BCUT2D eigenvalue weighted by molar-refractivity contribution is 9.10. The summed E-state index contributed by atoms with van der Waals surface area (Å²) in [5, 5.41) is 13.1. The Kier molecular flexibility index (Phi) is 3.48. The molecule has 0 aliphatic rings. The smallest absolute Gasteiger partial charge is 0.291 e. The fourth-order valence-corrected chi connectivity index (χ4v) is 1.96. The molecule has 0 radical (unpaired) electrons. The molecular weight excluding hydrogens is 345 g/mol. The minimum atomic E-state index is -0.578. The van der Waals surface area contributed by atoms with Gasteiger partial charge in [0.25, 0.3) is 5.91 Å². The van der Waals surface area contributed by atoms with Gasteiger partial charge in [-0.1, -0.05) is 0 Å². The zero-order valence-electron chi connectivity index (χ0n) is 10.3. The van der Waals surface area contributed by atoms with E-state index < -0.39 is 11.7 Å². The predicted molar refractivity (Wildman–Crippen MR) is 73.5 cm³/mol. The van der Waals surface area contributed by atoms with E-state index in [4.69, 9.17) is 4.42 Å². The van der Waals surface area contributed by atoms with Gasteiger partial charge in [-0.25, -0.2) is 9.07 Å². The van der Waals surface area contributed by atoms with Crippen LogP contribution < -0.4 is 5.32 Å². The molecule has 0 fully saturated rings. The Balaban J connectivity index is 1.88. The molecule has 0 saturated carbocycles. The van der Waals surface area contributed by atoms with Crippen molar-refractivity contribution in [3.63, 3.8) is 0 Å². The molecule has 21 heavy (non-hydrogen) atoms. The highest BCUT2D eigenvalue weighted by Gasteiger charge is 2.14. The molecule has 0 aliphatic heterocycles. The fourth-order valence-electron chi connectivity index (χ4n) is 1.65. The number of furan rings is 1. The number of anilines is 1. The van der Waals surface area contributed by atoms with Crippen LogP contribution in [-0.2, 0) is 0 Å². The quantitative estimate of drug-likeness (QED) is 0.782. The van der Waals surface area contributed by atoms with Gasteiger partial charge in [-0.3, -0.25) is 4.79 Å². The van der Waals surface area contributed by atoms with Gasteiger partial charge in [0.1, 0.15) is 12.1 Å². The average molecular weight is 352 g/mol. The molecule has 0 atom stereocenters. The van der Waals surface area contributed by atoms with Gasteiger partial charge in [-0.05, 0) is 56.7 Å². The maximum atomic E-state index is 13.8. The van der Waals surface area contributed by atoms with Gasteiger partial charge < -0.3 is 9.73 Å². The first-order chi connectivity index (χ1) is 10.1. The van der Waals surface area contributed by atoms with Crippen LogP contribution in [0.5, 0.6) is 0 Å². The zero-order chi connectivity index (χ0) is 14.8. The standard InChI is InChI=1S/C12H7BrFN5O2/c13-11-4-3-10(21-11)12(20)16-9-5-7(1-2-8(9)14)19-6-15-17-18-19/h1-6H,(H,16,20). The first-order valence-electron chi connectivity index (χ1n) is 5.73. The van der Waals surface area contributed by atoms with Gasteiger partial charge in [0.2, 0.25) is 0 Å². The lowest BCUT2D eigenvalue weighted by Crippen LogP contribution is -2.12. The summed E-state index contributed by atoms with van der Waals surface area (Å²) in [5.41, 5.74) is 0.512. The van der Waals surface area contributed by atoms with Crippen LogP contribution in [0.15, 0.2) is 45.7 Å². The van der Waals surface area contributed by atoms with Gasteiger partial charge in [-0.15, -0.1) is 5.10 Å². The summed E-state index contributed by atoms with van der Waals surface area (Å²) < 4.78 is 20.6. The lowest BCUT2D eigenvalue weighted by atomic mass is 10.2. The summed E-state index contributed by atoms with van der Waals surface area (Å²) in [4.78, 5) is 11.9. The second-order valence-corrected chi connectivity index (χ2v) is 4.76. The van der Waals surface area contributed by atoms with Crippen molar-refractivity contribution < 1.29 is 13.6 Å². The highest BCUT2D eigenvalue weighted by atomic mass is 79.9. The minimum absolute atomic E-state index is 0.000484. The summed E-state index contributed by atoms with van der Waals surface area (Å²) in [5.74, 6) is -1.08. The van der Waals surface area contributed by atoms with Crippen molar-refractivity contribution in [3.8, 4) is 5.69 Å². The molecular formula is C12H7BrFN5O2. The van der Waals surface area contributed by atoms with Crippen molar-refractivity contribution in [2.24, 2.45) is 0 Å². The van der Waals surface area contributed by atoms with Gasteiger partial charge >= 0.3 is 0 Å². The van der Waals surface area contributed by atoms with E-state index in [1.54, 1.807) is 6.07 Å². The monoisotopic (exact) mass is 351 g/mol. The van der Waals surface area contributed by atoms with E-state index in [1.807, 2.05) is 0 Å². The van der Waals surface area contributed by atoms with Gasteiger partial charge in [0.05, 0.1) is 11.4 Å². The van der Waals surface area contributed by atoms with E-state index in [-0.39, 0.29) is 11.4 Å². The molecule has 106 valence electrons.